The van der Waals surface area contributed by atoms with Gasteiger partial charge in [-0.2, -0.15) is 0 Å². The van der Waals surface area contributed by atoms with Crippen LogP contribution in [0.5, 0.6) is 0 Å². The van der Waals surface area contributed by atoms with Gasteiger partial charge in [0.05, 0.1) is 6.42 Å². The molecule has 78 valence electrons. The largest absolute Gasteiger partial charge is 0.481 e. The standard InChI is InChI=1S/C11H9ClO3/c1-7(6-10(13)14)11(15)8-2-4-9(12)5-3-8/h2-5H,1,6H2,(H,13,14). The van der Waals surface area contributed by atoms with Crippen molar-refractivity contribution in [3.63, 3.8) is 0 Å². The van der Waals surface area contributed by atoms with Gasteiger partial charge in [-0.3, -0.25) is 9.59 Å². The van der Waals surface area contributed by atoms with Crippen LogP contribution in [0.4, 0.5) is 0 Å². The smallest absolute Gasteiger partial charge is 0.307 e. The molecule has 0 heterocycles. The van der Waals surface area contributed by atoms with Gasteiger partial charge in [0.15, 0.2) is 5.78 Å². The van der Waals surface area contributed by atoms with Crippen LogP contribution in [-0.2, 0) is 4.79 Å². The minimum absolute atomic E-state index is 0.0600. The molecule has 0 aromatic heterocycles. The molecule has 4 heteroatoms. The van der Waals surface area contributed by atoms with Crippen LogP contribution in [-0.4, -0.2) is 16.9 Å². The summed E-state index contributed by atoms with van der Waals surface area (Å²) in [4.78, 5) is 22.0. The molecule has 15 heavy (non-hydrogen) atoms. The van der Waals surface area contributed by atoms with E-state index >= 15 is 0 Å². The fourth-order valence-electron chi connectivity index (χ4n) is 1.07. The first-order valence-corrected chi connectivity index (χ1v) is 4.58. The highest BCUT2D eigenvalue weighted by Crippen LogP contribution is 2.14. The molecule has 0 unspecified atom stereocenters. The maximum absolute atomic E-state index is 11.6. The highest BCUT2D eigenvalue weighted by molar-refractivity contribution is 6.30. The van der Waals surface area contributed by atoms with Crippen molar-refractivity contribution < 1.29 is 14.7 Å². The first kappa shape index (κ1) is 11.5. The van der Waals surface area contributed by atoms with E-state index in [1.54, 1.807) is 12.1 Å². The number of hydrogen-bond acceptors (Lipinski definition) is 2. The van der Waals surface area contributed by atoms with Crippen LogP contribution in [0.1, 0.15) is 16.8 Å². The van der Waals surface area contributed by atoms with Crippen molar-refractivity contribution in [1.82, 2.24) is 0 Å². The number of ketones is 1. The average molecular weight is 225 g/mol. The summed E-state index contributed by atoms with van der Waals surface area (Å²) >= 11 is 5.65. The molecule has 0 aliphatic rings. The first-order chi connectivity index (χ1) is 7.00. The lowest BCUT2D eigenvalue weighted by molar-refractivity contribution is -0.136. The number of carbonyl (C=O) groups is 2. The van der Waals surface area contributed by atoms with Gasteiger partial charge in [0.2, 0.25) is 0 Å². The highest BCUT2D eigenvalue weighted by Gasteiger charge is 2.12. The molecule has 0 bridgehead atoms. The van der Waals surface area contributed by atoms with Crippen LogP contribution in [0.2, 0.25) is 5.02 Å². The maximum Gasteiger partial charge on any atom is 0.307 e. The summed E-state index contributed by atoms with van der Waals surface area (Å²) in [5.74, 6) is -1.43. The maximum atomic E-state index is 11.6. The molecule has 1 aromatic carbocycles. The molecular weight excluding hydrogens is 216 g/mol. The second-order valence-corrected chi connectivity index (χ2v) is 3.45. The molecule has 1 rings (SSSR count). The third-order valence-electron chi connectivity index (χ3n) is 1.79. The monoisotopic (exact) mass is 224 g/mol. The molecule has 0 amide bonds. The first-order valence-electron chi connectivity index (χ1n) is 4.20. The van der Waals surface area contributed by atoms with Crippen LogP contribution in [0.15, 0.2) is 36.4 Å². The predicted molar refractivity (Wildman–Crippen MR) is 57.2 cm³/mol. The van der Waals surface area contributed by atoms with Crippen molar-refractivity contribution in [1.29, 1.82) is 0 Å². The molecule has 0 saturated carbocycles. The summed E-state index contributed by atoms with van der Waals surface area (Å²) < 4.78 is 0. The second-order valence-electron chi connectivity index (χ2n) is 3.01. The van der Waals surface area contributed by atoms with E-state index in [1.807, 2.05) is 0 Å². The number of hydrogen-bond donors (Lipinski definition) is 1. The minimum Gasteiger partial charge on any atom is -0.481 e. The fraction of sp³-hybridized carbons (Fsp3) is 0.0909. The zero-order valence-electron chi connectivity index (χ0n) is 7.87. The predicted octanol–water partition coefficient (Wildman–Crippen LogP) is 2.55. The number of carbonyl (C=O) groups excluding carboxylic acids is 1. The van der Waals surface area contributed by atoms with Gasteiger partial charge in [-0.05, 0) is 24.3 Å². The fourth-order valence-corrected chi connectivity index (χ4v) is 1.19. The van der Waals surface area contributed by atoms with Crippen molar-refractivity contribution in [3.05, 3.63) is 47.0 Å². The van der Waals surface area contributed by atoms with Crippen LogP contribution < -0.4 is 0 Å². The number of carboxylic acids is 1. The lowest BCUT2D eigenvalue weighted by atomic mass is 10.0. The van der Waals surface area contributed by atoms with Crippen LogP contribution in [0.3, 0.4) is 0 Å². The molecule has 0 spiro atoms. The SMILES string of the molecule is C=C(CC(=O)O)C(=O)c1ccc(Cl)cc1. The van der Waals surface area contributed by atoms with Crippen molar-refractivity contribution in [2.45, 2.75) is 6.42 Å². The van der Waals surface area contributed by atoms with Crippen LogP contribution in [0.25, 0.3) is 0 Å². The summed E-state index contributed by atoms with van der Waals surface area (Å²) in [6.45, 7) is 3.43. The molecule has 0 fully saturated rings. The number of benzene rings is 1. The summed E-state index contributed by atoms with van der Waals surface area (Å²) in [6.07, 6.45) is -0.346. The number of rotatable bonds is 4. The number of carboxylic acid groups (broad SMARTS) is 1. The Morgan fingerprint density at radius 3 is 2.27 bits per heavy atom. The van der Waals surface area contributed by atoms with Crippen molar-refractivity contribution in [3.8, 4) is 0 Å². The van der Waals surface area contributed by atoms with Gasteiger partial charge >= 0.3 is 5.97 Å². The molecule has 1 N–H and O–H groups in total. The van der Waals surface area contributed by atoms with E-state index in [9.17, 15) is 9.59 Å². The van der Waals surface area contributed by atoms with E-state index in [1.165, 1.54) is 12.1 Å². The Hall–Kier alpha value is -1.61. The topological polar surface area (TPSA) is 54.4 Å². The molecule has 0 aliphatic carbocycles. The molecule has 1 aromatic rings. The van der Waals surface area contributed by atoms with E-state index in [0.717, 1.165) is 0 Å². The zero-order valence-corrected chi connectivity index (χ0v) is 8.62. The van der Waals surface area contributed by atoms with E-state index < -0.39 is 5.97 Å². The molecular formula is C11H9ClO3. The van der Waals surface area contributed by atoms with Gasteiger partial charge in [-0.1, -0.05) is 18.2 Å². The van der Waals surface area contributed by atoms with E-state index in [-0.39, 0.29) is 17.8 Å². The van der Waals surface area contributed by atoms with Crippen LogP contribution in [0, 0.1) is 0 Å². The van der Waals surface area contributed by atoms with Gasteiger partial charge in [0.25, 0.3) is 0 Å². The number of Topliss-reactive ketones (excluding diaryl/α,β-unsaturated/α-hetero) is 1. The Kier molecular flexibility index (Phi) is 3.63. The molecule has 0 atom stereocenters. The normalized spacial score (nSPS) is 9.67. The lowest BCUT2D eigenvalue weighted by Crippen LogP contribution is -2.07. The quantitative estimate of drug-likeness (QED) is 0.632. The lowest BCUT2D eigenvalue weighted by Gasteiger charge is -2.01. The van der Waals surface area contributed by atoms with Gasteiger partial charge in [0, 0.05) is 16.2 Å². The Labute approximate surface area is 92.0 Å². The minimum atomic E-state index is -1.07. The van der Waals surface area contributed by atoms with Gasteiger partial charge in [-0.15, -0.1) is 0 Å². The van der Waals surface area contributed by atoms with E-state index in [0.29, 0.717) is 10.6 Å². The Morgan fingerprint density at radius 2 is 1.80 bits per heavy atom. The van der Waals surface area contributed by atoms with Crippen molar-refractivity contribution in [2.75, 3.05) is 0 Å². The third-order valence-corrected chi connectivity index (χ3v) is 2.04. The Morgan fingerprint density at radius 1 is 1.27 bits per heavy atom. The summed E-state index contributed by atoms with van der Waals surface area (Å²) in [5.41, 5.74) is 0.454. The van der Waals surface area contributed by atoms with E-state index in [2.05, 4.69) is 6.58 Å². The number of halogens is 1. The summed E-state index contributed by atoms with van der Waals surface area (Å²) in [7, 11) is 0. The summed E-state index contributed by atoms with van der Waals surface area (Å²) in [6, 6.07) is 6.22. The van der Waals surface area contributed by atoms with Crippen molar-refractivity contribution in [2.24, 2.45) is 0 Å². The summed E-state index contributed by atoms with van der Waals surface area (Å²) in [5, 5.41) is 9.01. The van der Waals surface area contributed by atoms with Gasteiger partial charge in [-0.25, -0.2) is 0 Å². The molecule has 3 nitrogen and oxygen atoms in total. The second kappa shape index (κ2) is 4.75. The molecule has 0 aliphatic heterocycles. The third kappa shape index (κ3) is 3.22. The van der Waals surface area contributed by atoms with Crippen LogP contribution >= 0.6 is 11.6 Å². The van der Waals surface area contributed by atoms with Gasteiger partial charge in [0.1, 0.15) is 0 Å². The Balaban J connectivity index is 2.81. The average Bonchev–Trinajstić information content (AvgIpc) is 2.17. The number of aliphatic carboxylic acids is 1. The molecule has 0 radical (unpaired) electrons. The van der Waals surface area contributed by atoms with Gasteiger partial charge < -0.3 is 5.11 Å². The van der Waals surface area contributed by atoms with Crippen molar-refractivity contribution >= 4 is 23.4 Å². The van der Waals surface area contributed by atoms with E-state index in [4.69, 9.17) is 16.7 Å². The highest BCUT2D eigenvalue weighted by atomic mass is 35.5. The Bertz CT molecular complexity index is 406. The molecule has 0 saturated heterocycles. The zero-order chi connectivity index (χ0) is 11.4.